The van der Waals surface area contributed by atoms with Crippen molar-refractivity contribution in [3.05, 3.63) is 12.2 Å². The maximum absolute atomic E-state index is 11.8. The van der Waals surface area contributed by atoms with E-state index < -0.39 is 0 Å². The summed E-state index contributed by atoms with van der Waals surface area (Å²) in [5, 5.41) is 3.92. The molecule has 2 unspecified atom stereocenters. The van der Waals surface area contributed by atoms with Crippen LogP contribution in [0.5, 0.6) is 0 Å². The maximum atomic E-state index is 11.8. The molecule has 82 valence electrons. The highest BCUT2D eigenvalue weighted by Gasteiger charge is 2.28. The average Bonchev–Trinajstić information content (AvgIpc) is 2.77. The number of hydrogen-bond donors (Lipinski definition) is 0. The molecular formula is C10H15N3O2. The highest BCUT2D eigenvalue weighted by atomic mass is 16.5. The summed E-state index contributed by atoms with van der Waals surface area (Å²) in [4.78, 5) is 15.8. The van der Waals surface area contributed by atoms with Crippen molar-refractivity contribution < 1.29 is 9.53 Å². The van der Waals surface area contributed by atoms with E-state index in [9.17, 15) is 4.79 Å². The third-order valence-corrected chi connectivity index (χ3v) is 2.73. The standard InChI is InChI=1S/C10H15N3O2/c1-7-3-4-9(15-7)8(14)5-10-11-6-12-13(10)2/h6-7,9H,3-5H2,1-2H3. The molecule has 0 N–H and O–H groups in total. The molecular weight excluding hydrogens is 194 g/mol. The van der Waals surface area contributed by atoms with Crippen LogP contribution in [0.3, 0.4) is 0 Å². The van der Waals surface area contributed by atoms with Gasteiger partial charge in [0.2, 0.25) is 0 Å². The summed E-state index contributed by atoms with van der Waals surface area (Å²) in [5.41, 5.74) is 0. The molecule has 0 amide bonds. The van der Waals surface area contributed by atoms with Crippen LogP contribution in [0.4, 0.5) is 0 Å². The van der Waals surface area contributed by atoms with Crippen LogP contribution in [0.15, 0.2) is 6.33 Å². The molecule has 2 heterocycles. The van der Waals surface area contributed by atoms with Crippen LogP contribution in [-0.4, -0.2) is 32.8 Å². The molecule has 2 rings (SSSR count). The fraction of sp³-hybridized carbons (Fsp3) is 0.700. The molecule has 15 heavy (non-hydrogen) atoms. The summed E-state index contributed by atoms with van der Waals surface area (Å²) in [6.07, 6.45) is 3.54. The largest absolute Gasteiger partial charge is 0.367 e. The number of carbonyl (C=O) groups is 1. The van der Waals surface area contributed by atoms with Crippen LogP contribution in [0.1, 0.15) is 25.6 Å². The summed E-state index contributed by atoms with van der Waals surface area (Å²) in [7, 11) is 1.79. The molecule has 1 aromatic heterocycles. The summed E-state index contributed by atoms with van der Waals surface area (Å²) < 4.78 is 7.13. The van der Waals surface area contributed by atoms with Gasteiger partial charge in [-0.2, -0.15) is 5.10 Å². The third kappa shape index (κ3) is 2.23. The molecule has 0 spiro atoms. The highest BCUT2D eigenvalue weighted by molar-refractivity contribution is 5.84. The zero-order valence-electron chi connectivity index (χ0n) is 9.01. The van der Waals surface area contributed by atoms with Gasteiger partial charge in [0.05, 0.1) is 12.5 Å². The quantitative estimate of drug-likeness (QED) is 0.727. The van der Waals surface area contributed by atoms with E-state index in [0.29, 0.717) is 12.2 Å². The lowest BCUT2D eigenvalue weighted by atomic mass is 10.1. The minimum Gasteiger partial charge on any atom is -0.367 e. The number of hydrogen-bond acceptors (Lipinski definition) is 4. The molecule has 5 heteroatoms. The van der Waals surface area contributed by atoms with Crippen LogP contribution in [0.2, 0.25) is 0 Å². The second kappa shape index (κ2) is 4.10. The van der Waals surface area contributed by atoms with E-state index in [2.05, 4.69) is 10.1 Å². The van der Waals surface area contributed by atoms with Crippen molar-refractivity contribution >= 4 is 5.78 Å². The monoisotopic (exact) mass is 209 g/mol. The summed E-state index contributed by atoms with van der Waals surface area (Å²) in [5.74, 6) is 0.804. The van der Waals surface area contributed by atoms with E-state index >= 15 is 0 Å². The Morgan fingerprint density at radius 3 is 3.00 bits per heavy atom. The average molecular weight is 209 g/mol. The Morgan fingerprint density at radius 2 is 2.47 bits per heavy atom. The first-order valence-corrected chi connectivity index (χ1v) is 5.18. The number of carbonyl (C=O) groups excluding carboxylic acids is 1. The SMILES string of the molecule is CC1CCC(C(=O)Cc2ncnn2C)O1. The van der Waals surface area contributed by atoms with Crippen LogP contribution in [0.25, 0.3) is 0 Å². The molecule has 1 saturated heterocycles. The normalized spacial score (nSPS) is 25.7. The first kappa shape index (κ1) is 10.3. The Balaban J connectivity index is 1.95. The Labute approximate surface area is 88.4 Å². The van der Waals surface area contributed by atoms with Gasteiger partial charge in [0.1, 0.15) is 18.3 Å². The van der Waals surface area contributed by atoms with Crippen molar-refractivity contribution in [2.24, 2.45) is 7.05 Å². The lowest BCUT2D eigenvalue weighted by Gasteiger charge is -2.09. The lowest BCUT2D eigenvalue weighted by Crippen LogP contribution is -2.23. The van der Waals surface area contributed by atoms with Gasteiger partial charge in [-0.25, -0.2) is 4.98 Å². The number of nitrogens with zero attached hydrogens (tertiary/aromatic N) is 3. The second-order valence-electron chi connectivity index (χ2n) is 3.96. The van der Waals surface area contributed by atoms with Crippen molar-refractivity contribution in [3.63, 3.8) is 0 Å². The zero-order valence-corrected chi connectivity index (χ0v) is 9.01. The molecule has 0 aromatic carbocycles. The van der Waals surface area contributed by atoms with Crippen LogP contribution in [0, 0.1) is 0 Å². The first-order valence-electron chi connectivity index (χ1n) is 5.18. The molecule has 0 aliphatic carbocycles. The molecule has 1 aliphatic rings. The Morgan fingerprint density at radius 1 is 1.67 bits per heavy atom. The number of aromatic nitrogens is 3. The van der Waals surface area contributed by atoms with Crippen molar-refractivity contribution in [1.29, 1.82) is 0 Å². The van der Waals surface area contributed by atoms with Gasteiger partial charge in [0, 0.05) is 7.05 Å². The fourth-order valence-corrected chi connectivity index (χ4v) is 1.79. The van der Waals surface area contributed by atoms with Crippen molar-refractivity contribution in [2.75, 3.05) is 0 Å². The third-order valence-electron chi connectivity index (χ3n) is 2.73. The lowest BCUT2D eigenvalue weighted by molar-refractivity contribution is -0.128. The second-order valence-corrected chi connectivity index (χ2v) is 3.96. The van der Waals surface area contributed by atoms with Gasteiger partial charge in [-0.15, -0.1) is 0 Å². The van der Waals surface area contributed by atoms with Gasteiger partial charge in [-0.3, -0.25) is 9.48 Å². The molecule has 0 saturated carbocycles. The van der Waals surface area contributed by atoms with Crippen molar-refractivity contribution in [3.8, 4) is 0 Å². The van der Waals surface area contributed by atoms with Gasteiger partial charge in [0.15, 0.2) is 5.78 Å². The zero-order chi connectivity index (χ0) is 10.8. The first-order chi connectivity index (χ1) is 7.16. The van der Waals surface area contributed by atoms with Gasteiger partial charge in [-0.1, -0.05) is 0 Å². The maximum Gasteiger partial charge on any atom is 0.169 e. The van der Waals surface area contributed by atoms with E-state index in [1.807, 2.05) is 6.92 Å². The van der Waals surface area contributed by atoms with Crippen LogP contribution >= 0.6 is 0 Å². The van der Waals surface area contributed by atoms with Gasteiger partial charge in [-0.05, 0) is 19.8 Å². The Bertz CT molecular complexity index is 361. The number of rotatable bonds is 3. The minimum absolute atomic E-state index is 0.107. The molecule has 1 aromatic rings. The van der Waals surface area contributed by atoms with Crippen LogP contribution < -0.4 is 0 Å². The summed E-state index contributed by atoms with van der Waals surface area (Å²) in [6, 6.07) is 0. The minimum atomic E-state index is -0.239. The Hall–Kier alpha value is -1.23. The topological polar surface area (TPSA) is 57.0 Å². The molecule has 0 bridgehead atoms. The number of ether oxygens (including phenoxy) is 1. The smallest absolute Gasteiger partial charge is 0.169 e. The van der Waals surface area contributed by atoms with Gasteiger partial charge < -0.3 is 4.74 Å². The summed E-state index contributed by atoms with van der Waals surface area (Å²) in [6.45, 7) is 2.00. The van der Waals surface area contributed by atoms with E-state index in [1.54, 1.807) is 11.7 Å². The van der Waals surface area contributed by atoms with Crippen molar-refractivity contribution in [1.82, 2.24) is 14.8 Å². The van der Waals surface area contributed by atoms with Gasteiger partial charge in [0.25, 0.3) is 0 Å². The fourth-order valence-electron chi connectivity index (χ4n) is 1.79. The Kier molecular flexibility index (Phi) is 2.81. The molecule has 2 atom stereocenters. The van der Waals surface area contributed by atoms with Crippen molar-refractivity contribution in [2.45, 2.75) is 38.4 Å². The van der Waals surface area contributed by atoms with E-state index in [1.165, 1.54) is 6.33 Å². The molecule has 0 radical (unpaired) electrons. The molecule has 1 fully saturated rings. The van der Waals surface area contributed by atoms with Crippen LogP contribution in [-0.2, 0) is 23.0 Å². The van der Waals surface area contributed by atoms with Gasteiger partial charge >= 0.3 is 0 Å². The highest BCUT2D eigenvalue weighted by Crippen LogP contribution is 2.20. The number of aryl methyl sites for hydroxylation is 1. The molecule has 5 nitrogen and oxygen atoms in total. The van der Waals surface area contributed by atoms with E-state index in [4.69, 9.17) is 4.74 Å². The number of ketones is 1. The predicted octanol–water partition coefficient (Wildman–Crippen LogP) is 0.494. The predicted molar refractivity (Wildman–Crippen MR) is 53.3 cm³/mol. The van der Waals surface area contributed by atoms with E-state index in [-0.39, 0.29) is 18.0 Å². The van der Waals surface area contributed by atoms with E-state index in [0.717, 1.165) is 12.8 Å². The summed E-state index contributed by atoms with van der Waals surface area (Å²) >= 11 is 0. The molecule has 1 aliphatic heterocycles. The number of Topliss-reactive ketones (excluding diaryl/α,β-unsaturated/α-hetero) is 1.